The molecule has 0 aliphatic heterocycles. The van der Waals surface area contributed by atoms with Gasteiger partial charge >= 0.3 is 0 Å². The normalized spacial score (nSPS) is 12.9. The fraction of sp³-hybridized carbons (Fsp3) is 0.375. The zero-order valence-corrected chi connectivity index (χ0v) is 9.02. The number of aromatic nitrogens is 4. The van der Waals surface area contributed by atoms with Crippen LogP contribution in [0.5, 0.6) is 0 Å². The van der Waals surface area contributed by atoms with Crippen molar-refractivity contribution in [1.29, 1.82) is 0 Å². The highest BCUT2D eigenvalue weighted by Gasteiger charge is 2.17. The third-order valence-corrected chi connectivity index (χ3v) is 3.17. The molecule has 0 aromatic carbocycles. The molecular formula is C8H11N5OS. The highest BCUT2D eigenvalue weighted by Crippen LogP contribution is 2.32. The molecule has 1 unspecified atom stereocenters. The van der Waals surface area contributed by atoms with Crippen molar-refractivity contribution in [2.24, 2.45) is 12.8 Å². The number of rotatable bonds is 4. The topological polar surface area (TPSA) is 82.8 Å². The average molecular weight is 225 g/mol. The van der Waals surface area contributed by atoms with Crippen LogP contribution in [0.4, 0.5) is 0 Å². The predicted octanol–water partition coefficient (Wildman–Crippen LogP) is 0.595. The molecule has 0 fully saturated rings. The van der Waals surface area contributed by atoms with E-state index in [0.29, 0.717) is 6.54 Å². The van der Waals surface area contributed by atoms with Crippen molar-refractivity contribution >= 4 is 11.8 Å². The Balaban J connectivity index is 2.13. The summed E-state index contributed by atoms with van der Waals surface area (Å²) in [4.78, 5) is 0. The van der Waals surface area contributed by atoms with E-state index in [9.17, 15) is 0 Å². The zero-order chi connectivity index (χ0) is 10.7. The van der Waals surface area contributed by atoms with Crippen LogP contribution in [-0.4, -0.2) is 26.8 Å². The summed E-state index contributed by atoms with van der Waals surface area (Å²) in [6.45, 7) is 0.477. The summed E-state index contributed by atoms with van der Waals surface area (Å²) in [5, 5.41) is 12.0. The molecule has 0 saturated heterocycles. The first-order valence-electron chi connectivity index (χ1n) is 4.43. The van der Waals surface area contributed by atoms with Gasteiger partial charge in [-0.25, -0.2) is 4.68 Å². The number of aryl methyl sites for hydroxylation is 1. The maximum Gasteiger partial charge on any atom is 0.209 e. The summed E-state index contributed by atoms with van der Waals surface area (Å²) in [5.74, 6) is 0.838. The van der Waals surface area contributed by atoms with Crippen LogP contribution in [0.2, 0.25) is 0 Å². The molecule has 0 aliphatic rings. The molecular weight excluding hydrogens is 214 g/mol. The van der Waals surface area contributed by atoms with Gasteiger partial charge in [-0.05, 0) is 22.6 Å². The van der Waals surface area contributed by atoms with Gasteiger partial charge < -0.3 is 10.2 Å². The Morgan fingerprint density at radius 3 is 3.07 bits per heavy atom. The van der Waals surface area contributed by atoms with Crippen molar-refractivity contribution in [3.8, 4) is 0 Å². The van der Waals surface area contributed by atoms with Crippen LogP contribution in [0.15, 0.2) is 28.0 Å². The van der Waals surface area contributed by atoms with Crippen LogP contribution < -0.4 is 5.73 Å². The monoisotopic (exact) mass is 225 g/mol. The van der Waals surface area contributed by atoms with Crippen LogP contribution in [0.25, 0.3) is 0 Å². The van der Waals surface area contributed by atoms with Gasteiger partial charge in [0.15, 0.2) is 0 Å². The number of hydrogen-bond acceptors (Lipinski definition) is 6. The highest BCUT2D eigenvalue weighted by molar-refractivity contribution is 7.99. The smallest absolute Gasteiger partial charge is 0.209 e. The molecule has 2 heterocycles. The average Bonchev–Trinajstić information content (AvgIpc) is 2.86. The third-order valence-electron chi connectivity index (χ3n) is 1.90. The Labute approximate surface area is 90.8 Å². The number of hydrogen-bond donors (Lipinski definition) is 1. The second kappa shape index (κ2) is 4.45. The van der Waals surface area contributed by atoms with E-state index < -0.39 is 0 Å². The number of nitrogens with zero attached hydrogens (tertiary/aromatic N) is 4. The Morgan fingerprint density at radius 2 is 2.53 bits per heavy atom. The summed E-state index contributed by atoms with van der Waals surface area (Å²) >= 11 is 1.49. The van der Waals surface area contributed by atoms with E-state index >= 15 is 0 Å². The van der Waals surface area contributed by atoms with E-state index in [2.05, 4.69) is 15.5 Å². The molecule has 0 aliphatic carbocycles. The van der Waals surface area contributed by atoms with Crippen LogP contribution >= 0.6 is 11.8 Å². The van der Waals surface area contributed by atoms with Gasteiger partial charge in [0.1, 0.15) is 5.76 Å². The fourth-order valence-corrected chi connectivity index (χ4v) is 2.02. The second-order valence-electron chi connectivity index (χ2n) is 2.94. The van der Waals surface area contributed by atoms with E-state index in [-0.39, 0.29) is 5.25 Å². The lowest BCUT2D eigenvalue weighted by Gasteiger charge is -2.09. The van der Waals surface area contributed by atoms with Crippen molar-refractivity contribution in [2.75, 3.05) is 6.54 Å². The molecule has 15 heavy (non-hydrogen) atoms. The molecule has 7 heteroatoms. The maximum absolute atomic E-state index is 5.67. The van der Waals surface area contributed by atoms with Crippen LogP contribution in [0, 0.1) is 0 Å². The van der Waals surface area contributed by atoms with Crippen molar-refractivity contribution in [3.63, 3.8) is 0 Å². The molecule has 2 rings (SSSR count). The van der Waals surface area contributed by atoms with Crippen molar-refractivity contribution in [2.45, 2.75) is 10.4 Å². The standard InChI is InChI=1S/C8H11N5OS/c1-13-8(10-11-12-13)15-7(5-9)6-3-2-4-14-6/h2-4,7H,5,9H2,1H3. The van der Waals surface area contributed by atoms with E-state index in [4.69, 9.17) is 10.2 Å². The molecule has 0 spiro atoms. The molecule has 80 valence electrons. The highest BCUT2D eigenvalue weighted by atomic mass is 32.2. The van der Waals surface area contributed by atoms with E-state index in [1.54, 1.807) is 18.0 Å². The van der Waals surface area contributed by atoms with E-state index in [1.807, 2.05) is 12.1 Å². The van der Waals surface area contributed by atoms with Gasteiger partial charge in [0, 0.05) is 13.6 Å². The Kier molecular flexibility index (Phi) is 3.02. The lowest BCUT2D eigenvalue weighted by atomic mass is 10.3. The third kappa shape index (κ3) is 2.18. The van der Waals surface area contributed by atoms with Crippen molar-refractivity contribution in [3.05, 3.63) is 24.2 Å². The summed E-state index contributed by atoms with van der Waals surface area (Å²) in [6.07, 6.45) is 1.63. The van der Waals surface area contributed by atoms with Gasteiger partial charge in [-0.2, -0.15) is 0 Å². The fourth-order valence-electron chi connectivity index (χ4n) is 1.15. The molecule has 1 atom stereocenters. The first-order chi connectivity index (χ1) is 7.31. The maximum atomic E-state index is 5.67. The van der Waals surface area contributed by atoms with Crippen molar-refractivity contribution < 1.29 is 4.42 Å². The van der Waals surface area contributed by atoms with Gasteiger partial charge in [0.2, 0.25) is 5.16 Å². The molecule has 0 saturated carbocycles. The Morgan fingerprint density at radius 1 is 1.67 bits per heavy atom. The van der Waals surface area contributed by atoms with Gasteiger partial charge in [0.25, 0.3) is 0 Å². The van der Waals surface area contributed by atoms with Crippen molar-refractivity contribution in [1.82, 2.24) is 20.2 Å². The lowest BCUT2D eigenvalue weighted by molar-refractivity contribution is 0.506. The summed E-state index contributed by atoms with van der Waals surface area (Å²) < 4.78 is 6.90. The molecule has 6 nitrogen and oxygen atoms in total. The quantitative estimate of drug-likeness (QED) is 0.767. The van der Waals surface area contributed by atoms with Gasteiger partial charge in [-0.3, -0.25) is 0 Å². The predicted molar refractivity (Wildman–Crippen MR) is 55.2 cm³/mol. The molecule has 2 aromatic rings. The Bertz CT molecular complexity index is 412. The molecule has 0 amide bonds. The summed E-state index contributed by atoms with van der Waals surface area (Å²) in [7, 11) is 1.79. The molecule has 2 aromatic heterocycles. The minimum Gasteiger partial charge on any atom is -0.468 e. The number of tetrazole rings is 1. The van der Waals surface area contributed by atoms with Crippen LogP contribution in [0.3, 0.4) is 0 Å². The lowest BCUT2D eigenvalue weighted by Crippen LogP contribution is -2.09. The van der Waals surface area contributed by atoms with E-state index in [1.165, 1.54) is 11.8 Å². The van der Waals surface area contributed by atoms with Gasteiger partial charge in [-0.1, -0.05) is 11.8 Å². The van der Waals surface area contributed by atoms with E-state index in [0.717, 1.165) is 10.9 Å². The second-order valence-corrected chi connectivity index (χ2v) is 4.11. The largest absolute Gasteiger partial charge is 0.468 e. The first-order valence-corrected chi connectivity index (χ1v) is 5.31. The summed E-state index contributed by atoms with van der Waals surface area (Å²) in [6, 6.07) is 3.74. The minimum atomic E-state index is 0.0460. The number of thioether (sulfide) groups is 1. The minimum absolute atomic E-state index is 0.0460. The zero-order valence-electron chi connectivity index (χ0n) is 8.20. The molecule has 0 bridgehead atoms. The number of nitrogens with two attached hydrogens (primary N) is 1. The number of furan rings is 1. The van der Waals surface area contributed by atoms with Gasteiger partial charge in [-0.15, -0.1) is 5.10 Å². The molecule has 2 N–H and O–H groups in total. The SMILES string of the molecule is Cn1nnnc1SC(CN)c1ccco1. The summed E-state index contributed by atoms with van der Waals surface area (Å²) in [5.41, 5.74) is 5.67. The Hall–Kier alpha value is -1.34. The van der Waals surface area contributed by atoms with Gasteiger partial charge in [0.05, 0.1) is 11.5 Å². The van der Waals surface area contributed by atoms with Crippen LogP contribution in [-0.2, 0) is 7.05 Å². The van der Waals surface area contributed by atoms with Crippen LogP contribution in [0.1, 0.15) is 11.0 Å². The first kappa shape index (κ1) is 10.2. The molecule has 0 radical (unpaired) electrons.